The van der Waals surface area contributed by atoms with Gasteiger partial charge < -0.3 is 14.5 Å². The molecule has 1 saturated heterocycles. The number of piperazine rings is 1. The molecule has 0 radical (unpaired) electrons. The number of hydrogen-bond acceptors (Lipinski definition) is 11. The summed E-state index contributed by atoms with van der Waals surface area (Å²) < 4.78 is 34.2. The fourth-order valence-corrected chi connectivity index (χ4v) is 5.75. The third-order valence-electron chi connectivity index (χ3n) is 6.68. The third kappa shape index (κ3) is 6.02. The lowest BCUT2D eigenvalue weighted by molar-refractivity contribution is -0.126. The van der Waals surface area contributed by atoms with Crippen LogP contribution in [-0.2, 0) is 19.6 Å². The number of ether oxygens (including phenoxy) is 1. The topological polar surface area (TPSA) is 160 Å². The smallest absolute Gasteiger partial charge is 0.263 e. The van der Waals surface area contributed by atoms with Gasteiger partial charge in [-0.15, -0.1) is 0 Å². The normalized spacial score (nSPS) is 13.9. The summed E-state index contributed by atoms with van der Waals surface area (Å²) in [6.45, 7) is 5.02. The van der Waals surface area contributed by atoms with Crippen molar-refractivity contribution < 1.29 is 22.7 Å². The van der Waals surface area contributed by atoms with E-state index in [0.717, 1.165) is 0 Å². The molecular weight excluding hydrogens is 560 g/mol. The van der Waals surface area contributed by atoms with E-state index < -0.39 is 10.0 Å². The standard InChI is InChI=1S/C28H28N8O5S/c1-18-8-9-29-16-24(18)42(39,40)34-23-14-20(15-30-28(23)41-3)21-5-6-22-26(33-21)27(32-17-31-22)36-12-10-35(11-13-36)25(38)7-4-19(2)37/h4-9,14-17,34H,10-13H2,1-3H3/b7-4+. The van der Waals surface area contributed by atoms with Crippen LogP contribution in [0.15, 0.2) is 66.2 Å². The predicted molar refractivity (Wildman–Crippen MR) is 156 cm³/mol. The zero-order valence-corrected chi connectivity index (χ0v) is 24.0. The molecule has 1 aliphatic heterocycles. The lowest BCUT2D eigenvalue weighted by Gasteiger charge is -2.35. The number of nitrogens with zero attached hydrogens (tertiary/aromatic N) is 7. The number of hydrogen-bond donors (Lipinski definition) is 1. The molecule has 14 heteroatoms. The van der Waals surface area contributed by atoms with Gasteiger partial charge in [-0.1, -0.05) is 0 Å². The van der Waals surface area contributed by atoms with Gasteiger partial charge >= 0.3 is 0 Å². The Kier molecular flexibility index (Phi) is 8.06. The summed E-state index contributed by atoms with van der Waals surface area (Å²) in [6.07, 6.45) is 8.38. The van der Waals surface area contributed by atoms with Crippen LogP contribution >= 0.6 is 0 Å². The third-order valence-corrected chi connectivity index (χ3v) is 8.17. The summed E-state index contributed by atoms with van der Waals surface area (Å²) in [6, 6.07) is 6.79. The molecule has 0 aromatic carbocycles. The Labute approximate surface area is 242 Å². The number of ketones is 1. The molecule has 4 aromatic heterocycles. The Morgan fingerprint density at radius 1 is 1.02 bits per heavy atom. The summed E-state index contributed by atoms with van der Waals surface area (Å²) in [4.78, 5) is 49.2. The number of carbonyl (C=O) groups is 2. The van der Waals surface area contributed by atoms with Crippen molar-refractivity contribution in [3.63, 3.8) is 0 Å². The molecule has 5 heterocycles. The zero-order valence-electron chi connectivity index (χ0n) is 23.2. The Bertz CT molecular complexity index is 1800. The summed E-state index contributed by atoms with van der Waals surface area (Å²) in [7, 11) is -2.58. The number of rotatable bonds is 8. The fraction of sp³-hybridized carbons (Fsp3) is 0.250. The van der Waals surface area contributed by atoms with Gasteiger partial charge in [0.1, 0.15) is 22.4 Å². The van der Waals surface area contributed by atoms with Crippen molar-refractivity contribution in [1.82, 2.24) is 29.8 Å². The maximum Gasteiger partial charge on any atom is 0.263 e. The molecule has 5 rings (SSSR count). The van der Waals surface area contributed by atoms with Crippen LogP contribution in [0.2, 0.25) is 0 Å². The Morgan fingerprint density at radius 3 is 2.52 bits per heavy atom. The largest absolute Gasteiger partial charge is 0.480 e. The average Bonchev–Trinajstić information content (AvgIpc) is 2.99. The van der Waals surface area contributed by atoms with Gasteiger partial charge in [-0.25, -0.2) is 28.4 Å². The molecule has 13 nitrogen and oxygen atoms in total. The molecule has 216 valence electrons. The summed E-state index contributed by atoms with van der Waals surface area (Å²) >= 11 is 0. The quantitative estimate of drug-likeness (QED) is 0.301. The van der Waals surface area contributed by atoms with Crippen LogP contribution in [0.4, 0.5) is 11.5 Å². The van der Waals surface area contributed by atoms with Crippen molar-refractivity contribution in [2.24, 2.45) is 0 Å². The minimum atomic E-state index is -3.98. The number of nitrogens with one attached hydrogen (secondary N) is 1. The predicted octanol–water partition coefficient (Wildman–Crippen LogP) is 2.39. The average molecular weight is 589 g/mol. The van der Waals surface area contributed by atoms with Gasteiger partial charge in [0.2, 0.25) is 11.8 Å². The van der Waals surface area contributed by atoms with Crippen LogP contribution in [0, 0.1) is 6.92 Å². The fourth-order valence-electron chi connectivity index (χ4n) is 4.51. The van der Waals surface area contributed by atoms with E-state index in [2.05, 4.69) is 24.7 Å². The SMILES string of the molecule is COc1ncc(-c2ccc3ncnc(N4CCN(C(=O)/C=C/C(C)=O)CC4)c3n2)cc1NS(=O)(=O)c1cnccc1C. The van der Waals surface area contributed by atoms with Crippen molar-refractivity contribution in [2.45, 2.75) is 18.7 Å². The van der Waals surface area contributed by atoms with Crippen LogP contribution in [0.3, 0.4) is 0 Å². The van der Waals surface area contributed by atoms with E-state index in [1.54, 1.807) is 36.2 Å². The highest BCUT2D eigenvalue weighted by Gasteiger charge is 2.24. The number of amides is 1. The monoisotopic (exact) mass is 588 g/mol. The van der Waals surface area contributed by atoms with E-state index in [-0.39, 0.29) is 28.2 Å². The van der Waals surface area contributed by atoms with Crippen molar-refractivity contribution in [3.05, 3.63) is 66.9 Å². The van der Waals surface area contributed by atoms with E-state index in [9.17, 15) is 18.0 Å². The first kappa shape index (κ1) is 28.5. The minimum Gasteiger partial charge on any atom is -0.480 e. The number of aryl methyl sites for hydroxylation is 1. The molecule has 1 amide bonds. The molecule has 42 heavy (non-hydrogen) atoms. The van der Waals surface area contributed by atoms with Crippen LogP contribution in [-0.4, -0.2) is 83.2 Å². The van der Waals surface area contributed by atoms with E-state index in [0.29, 0.717) is 59.9 Å². The van der Waals surface area contributed by atoms with E-state index in [1.165, 1.54) is 44.9 Å². The highest BCUT2D eigenvalue weighted by atomic mass is 32.2. The molecule has 1 fully saturated rings. The van der Waals surface area contributed by atoms with Crippen molar-refractivity contribution in [3.8, 4) is 17.1 Å². The second-order valence-corrected chi connectivity index (χ2v) is 11.2. The van der Waals surface area contributed by atoms with Gasteiger partial charge in [0, 0.05) is 56.4 Å². The van der Waals surface area contributed by atoms with Crippen LogP contribution in [0.5, 0.6) is 5.88 Å². The van der Waals surface area contributed by atoms with Crippen LogP contribution in [0.25, 0.3) is 22.3 Å². The molecule has 1 aliphatic rings. The molecule has 0 bridgehead atoms. The Balaban J connectivity index is 1.43. The molecule has 0 atom stereocenters. The maximum absolute atomic E-state index is 13.1. The maximum atomic E-state index is 13.1. The molecule has 0 unspecified atom stereocenters. The second-order valence-electron chi connectivity index (χ2n) is 9.55. The minimum absolute atomic E-state index is 0.0414. The molecule has 4 aromatic rings. The number of pyridine rings is 3. The number of anilines is 2. The highest BCUT2D eigenvalue weighted by Crippen LogP contribution is 2.31. The van der Waals surface area contributed by atoms with E-state index in [4.69, 9.17) is 9.72 Å². The van der Waals surface area contributed by atoms with Gasteiger partial charge in [0.05, 0.1) is 18.3 Å². The molecule has 1 N–H and O–H groups in total. The van der Waals surface area contributed by atoms with Gasteiger partial charge in [0.15, 0.2) is 11.6 Å². The van der Waals surface area contributed by atoms with Gasteiger partial charge in [-0.3, -0.25) is 19.3 Å². The number of fused-ring (bicyclic) bond motifs is 1. The van der Waals surface area contributed by atoms with Crippen LogP contribution in [0.1, 0.15) is 12.5 Å². The number of aromatic nitrogens is 5. The van der Waals surface area contributed by atoms with Crippen molar-refractivity contribution in [1.29, 1.82) is 0 Å². The number of sulfonamides is 1. The number of allylic oxidation sites excluding steroid dienone is 1. The summed E-state index contributed by atoms with van der Waals surface area (Å²) in [5.74, 6) is 0.313. The zero-order chi connectivity index (χ0) is 29.9. The molecule has 0 spiro atoms. The lowest BCUT2D eigenvalue weighted by atomic mass is 10.1. The first-order valence-electron chi connectivity index (χ1n) is 13.0. The summed E-state index contributed by atoms with van der Waals surface area (Å²) in [5.41, 5.74) is 2.93. The summed E-state index contributed by atoms with van der Waals surface area (Å²) in [5, 5.41) is 0. The van der Waals surface area contributed by atoms with Crippen molar-refractivity contribution >= 4 is 44.3 Å². The van der Waals surface area contributed by atoms with Crippen LogP contribution < -0.4 is 14.4 Å². The molecule has 0 saturated carbocycles. The van der Waals surface area contributed by atoms with Gasteiger partial charge in [-0.05, 0) is 49.8 Å². The Morgan fingerprint density at radius 2 is 1.81 bits per heavy atom. The second kappa shape index (κ2) is 11.9. The number of carbonyl (C=O) groups excluding carboxylic acids is 2. The molecular formula is C28H28N8O5S. The first-order valence-corrected chi connectivity index (χ1v) is 14.5. The Hall–Kier alpha value is -4.98. The highest BCUT2D eigenvalue weighted by molar-refractivity contribution is 7.92. The van der Waals surface area contributed by atoms with E-state index >= 15 is 0 Å². The van der Waals surface area contributed by atoms with Crippen molar-refractivity contribution in [2.75, 3.05) is 42.9 Å². The van der Waals surface area contributed by atoms with Gasteiger partial charge in [-0.2, -0.15) is 0 Å². The lowest BCUT2D eigenvalue weighted by Crippen LogP contribution is -2.48. The van der Waals surface area contributed by atoms with E-state index in [1.807, 2.05) is 11.0 Å². The molecule has 0 aliphatic carbocycles. The number of methoxy groups -OCH3 is 1. The first-order chi connectivity index (χ1) is 20.2. The van der Waals surface area contributed by atoms with Gasteiger partial charge in [0.25, 0.3) is 10.0 Å².